The Morgan fingerprint density at radius 3 is 2.64 bits per heavy atom. The van der Waals surface area contributed by atoms with Crippen LogP contribution in [0.5, 0.6) is 11.5 Å². The summed E-state index contributed by atoms with van der Waals surface area (Å²) in [5, 5.41) is 10.1. The van der Waals surface area contributed by atoms with Gasteiger partial charge in [0.2, 0.25) is 5.91 Å². The van der Waals surface area contributed by atoms with Gasteiger partial charge in [0.25, 0.3) is 0 Å². The molecule has 0 radical (unpaired) electrons. The maximum Gasteiger partial charge on any atom is 0.219 e. The van der Waals surface area contributed by atoms with Gasteiger partial charge < -0.3 is 19.7 Å². The van der Waals surface area contributed by atoms with E-state index in [1.807, 2.05) is 23.1 Å². The number of amides is 1. The molecule has 5 rings (SSSR count). The van der Waals surface area contributed by atoms with Gasteiger partial charge in [0.1, 0.15) is 17.2 Å². The minimum absolute atomic E-state index is 0.00542. The first-order chi connectivity index (χ1) is 17.2. The van der Waals surface area contributed by atoms with Crippen LogP contribution in [0.2, 0.25) is 0 Å². The quantitative estimate of drug-likeness (QED) is 0.405. The molecular formula is C25H25N5O5S. The van der Waals surface area contributed by atoms with Gasteiger partial charge in [-0.05, 0) is 43.2 Å². The largest absolute Gasteiger partial charge is 0.455 e. The molecule has 1 saturated heterocycles. The Hall–Kier alpha value is -3.83. The second kappa shape index (κ2) is 9.32. The molecular weight excluding hydrogens is 482 g/mol. The van der Waals surface area contributed by atoms with Crippen LogP contribution in [0, 0.1) is 0 Å². The van der Waals surface area contributed by atoms with Crippen molar-refractivity contribution in [2.45, 2.75) is 37.4 Å². The second-order valence-corrected chi connectivity index (χ2v) is 10.8. The van der Waals surface area contributed by atoms with Gasteiger partial charge in [0.15, 0.2) is 14.9 Å². The molecule has 0 saturated carbocycles. The Labute approximate surface area is 207 Å². The zero-order chi connectivity index (χ0) is 25.4. The van der Waals surface area contributed by atoms with E-state index in [-0.39, 0.29) is 23.6 Å². The van der Waals surface area contributed by atoms with Gasteiger partial charge in [-0.1, -0.05) is 0 Å². The fraction of sp³-hybridized carbons (Fsp3) is 0.280. The van der Waals surface area contributed by atoms with Crippen molar-refractivity contribution in [3.8, 4) is 22.9 Å². The van der Waals surface area contributed by atoms with E-state index in [0.717, 1.165) is 41.3 Å². The van der Waals surface area contributed by atoms with Crippen molar-refractivity contribution in [3.63, 3.8) is 0 Å². The van der Waals surface area contributed by atoms with E-state index in [9.17, 15) is 18.3 Å². The van der Waals surface area contributed by atoms with Gasteiger partial charge in [0, 0.05) is 36.2 Å². The van der Waals surface area contributed by atoms with Crippen molar-refractivity contribution in [1.82, 2.24) is 24.8 Å². The lowest BCUT2D eigenvalue weighted by atomic mass is 10.0. The fourth-order valence-corrected chi connectivity index (χ4v) is 5.04. The Morgan fingerprint density at radius 1 is 1.17 bits per heavy atom. The lowest BCUT2D eigenvalue weighted by Gasteiger charge is -2.25. The number of aromatic amines is 1. The number of aliphatic hydroxyl groups is 1. The van der Waals surface area contributed by atoms with E-state index < -0.39 is 9.84 Å². The third-order valence-corrected chi connectivity index (χ3v) is 7.23. The van der Waals surface area contributed by atoms with E-state index in [1.165, 1.54) is 18.5 Å². The molecule has 10 nitrogen and oxygen atoms in total. The predicted molar refractivity (Wildman–Crippen MR) is 132 cm³/mol. The zero-order valence-electron chi connectivity index (χ0n) is 19.8. The number of fused-ring (bicyclic) bond motifs is 1. The molecule has 0 aliphatic carbocycles. The minimum Gasteiger partial charge on any atom is -0.455 e. The standard InChI is InChI=1S/C25H25N5O5S/c1-15(32)30-7-3-4-23(30)19-10-20-16(8-21(29-20)22-13-26-17(14-31)11-27-22)9-24(19)35-18-5-6-25(28-12-18)36(2,33)34/h5-6,8-13,23,29,31H,3-4,7,14H2,1-2H3/t23-/m1/s1. The molecule has 11 heteroatoms. The first-order valence-electron chi connectivity index (χ1n) is 11.4. The number of nitrogens with one attached hydrogen (secondary N) is 1. The molecule has 186 valence electrons. The van der Waals surface area contributed by atoms with Crippen LogP contribution in [0.25, 0.3) is 22.3 Å². The number of benzene rings is 1. The van der Waals surface area contributed by atoms with Crippen LogP contribution < -0.4 is 4.74 Å². The van der Waals surface area contributed by atoms with Gasteiger partial charge in [-0.3, -0.25) is 14.8 Å². The van der Waals surface area contributed by atoms with Crippen molar-refractivity contribution in [2.75, 3.05) is 12.8 Å². The number of hydrogen-bond donors (Lipinski definition) is 2. The maximum absolute atomic E-state index is 12.3. The Balaban J connectivity index is 1.58. The van der Waals surface area contributed by atoms with Crippen LogP contribution in [0.15, 0.2) is 53.9 Å². The number of H-pyrrole nitrogens is 1. The molecule has 1 aliphatic rings. The smallest absolute Gasteiger partial charge is 0.219 e. The summed E-state index contributed by atoms with van der Waals surface area (Å²) in [5.41, 5.74) is 3.55. The summed E-state index contributed by atoms with van der Waals surface area (Å²) >= 11 is 0. The SMILES string of the molecule is CC(=O)N1CCC[C@@H]1c1cc2[nH]c(-c3cnc(CO)cn3)cc2cc1Oc1ccc(S(C)(=O)=O)nc1. The first-order valence-corrected chi connectivity index (χ1v) is 13.3. The van der Waals surface area contributed by atoms with E-state index in [2.05, 4.69) is 19.9 Å². The van der Waals surface area contributed by atoms with E-state index in [1.54, 1.807) is 19.2 Å². The van der Waals surface area contributed by atoms with E-state index in [4.69, 9.17) is 4.74 Å². The number of carbonyl (C=O) groups is 1. The molecule has 1 amide bonds. The summed E-state index contributed by atoms with van der Waals surface area (Å²) in [7, 11) is -3.43. The van der Waals surface area contributed by atoms with E-state index in [0.29, 0.717) is 29.4 Å². The van der Waals surface area contributed by atoms with E-state index >= 15 is 0 Å². The molecule has 1 aromatic carbocycles. The summed E-state index contributed by atoms with van der Waals surface area (Å²) < 4.78 is 29.7. The molecule has 1 aliphatic heterocycles. The average Bonchev–Trinajstić information content (AvgIpc) is 3.50. The summed E-state index contributed by atoms with van der Waals surface area (Å²) in [6.07, 6.45) is 7.28. The van der Waals surface area contributed by atoms with Crippen molar-refractivity contribution < 1.29 is 23.1 Å². The van der Waals surface area contributed by atoms with Crippen molar-refractivity contribution in [2.24, 2.45) is 0 Å². The summed E-state index contributed by atoms with van der Waals surface area (Å²) in [6, 6.07) is 8.62. The van der Waals surface area contributed by atoms with Crippen molar-refractivity contribution >= 4 is 26.6 Å². The number of nitrogens with zero attached hydrogens (tertiary/aromatic N) is 4. The van der Waals surface area contributed by atoms with Gasteiger partial charge >= 0.3 is 0 Å². The molecule has 0 spiro atoms. The monoisotopic (exact) mass is 507 g/mol. The van der Waals surface area contributed by atoms with Gasteiger partial charge in [-0.15, -0.1) is 0 Å². The van der Waals surface area contributed by atoms with Crippen molar-refractivity contribution in [3.05, 3.63) is 60.2 Å². The summed E-state index contributed by atoms with van der Waals surface area (Å²) in [5.74, 6) is 0.938. The number of aliphatic hydroxyl groups excluding tert-OH is 1. The molecule has 3 aromatic heterocycles. The highest BCUT2D eigenvalue weighted by Crippen LogP contribution is 2.41. The molecule has 4 heterocycles. The lowest BCUT2D eigenvalue weighted by Crippen LogP contribution is -2.28. The second-order valence-electron chi connectivity index (χ2n) is 8.79. The summed E-state index contributed by atoms with van der Waals surface area (Å²) in [4.78, 5) is 30.1. The van der Waals surface area contributed by atoms with Gasteiger partial charge in [-0.2, -0.15) is 0 Å². The first kappa shape index (κ1) is 23.9. The van der Waals surface area contributed by atoms with Gasteiger partial charge in [-0.25, -0.2) is 13.4 Å². The Morgan fingerprint density at radius 2 is 2.00 bits per heavy atom. The molecule has 36 heavy (non-hydrogen) atoms. The fourth-order valence-electron chi connectivity index (χ4n) is 4.48. The van der Waals surface area contributed by atoms with Crippen LogP contribution in [0.4, 0.5) is 0 Å². The highest BCUT2D eigenvalue weighted by atomic mass is 32.2. The number of hydrogen-bond acceptors (Lipinski definition) is 8. The van der Waals surface area contributed by atoms with Crippen LogP contribution in [0.3, 0.4) is 0 Å². The summed E-state index contributed by atoms with van der Waals surface area (Å²) in [6.45, 7) is 2.05. The lowest BCUT2D eigenvalue weighted by molar-refractivity contribution is -0.129. The number of sulfone groups is 1. The number of ether oxygens (including phenoxy) is 1. The Kier molecular flexibility index (Phi) is 6.19. The molecule has 1 fully saturated rings. The van der Waals surface area contributed by atoms with Crippen LogP contribution in [0.1, 0.15) is 37.1 Å². The number of rotatable bonds is 6. The van der Waals surface area contributed by atoms with Crippen LogP contribution in [-0.2, 0) is 21.2 Å². The Bertz CT molecular complexity index is 1530. The van der Waals surface area contributed by atoms with Crippen LogP contribution >= 0.6 is 0 Å². The predicted octanol–water partition coefficient (Wildman–Crippen LogP) is 3.39. The highest BCUT2D eigenvalue weighted by Gasteiger charge is 2.31. The minimum atomic E-state index is -3.43. The third kappa shape index (κ3) is 4.67. The number of aromatic nitrogens is 4. The molecule has 0 bridgehead atoms. The topological polar surface area (TPSA) is 138 Å². The number of likely N-dealkylation sites (tertiary alicyclic amines) is 1. The number of carbonyl (C=O) groups excluding carboxylic acids is 1. The van der Waals surface area contributed by atoms with Crippen LogP contribution in [-0.4, -0.2) is 57.1 Å². The van der Waals surface area contributed by atoms with Gasteiger partial charge in [0.05, 0.1) is 42.6 Å². The normalized spacial score (nSPS) is 16.0. The average molecular weight is 508 g/mol. The molecule has 4 aromatic rings. The maximum atomic E-state index is 12.3. The highest BCUT2D eigenvalue weighted by molar-refractivity contribution is 7.90. The zero-order valence-corrected chi connectivity index (χ0v) is 20.6. The molecule has 0 unspecified atom stereocenters. The molecule has 2 N–H and O–H groups in total. The molecule has 1 atom stereocenters. The van der Waals surface area contributed by atoms with Crippen molar-refractivity contribution in [1.29, 1.82) is 0 Å². The number of pyridine rings is 1. The third-order valence-electron chi connectivity index (χ3n) is 6.23.